The summed E-state index contributed by atoms with van der Waals surface area (Å²) in [6.07, 6.45) is 2.16. The molecule has 1 aromatic rings. The lowest BCUT2D eigenvalue weighted by Gasteiger charge is -2.09. The largest absolute Gasteiger partial charge is 0.497 e. The van der Waals surface area contributed by atoms with Gasteiger partial charge in [-0.05, 0) is 24.3 Å². The fraction of sp³-hybridized carbons (Fsp3) is 0.231. The van der Waals surface area contributed by atoms with Crippen LogP contribution in [0.3, 0.4) is 0 Å². The molecule has 0 aliphatic rings. The Labute approximate surface area is 111 Å². The predicted octanol–water partition coefficient (Wildman–Crippen LogP) is 2.06. The third kappa shape index (κ3) is 4.34. The third-order valence-electron chi connectivity index (χ3n) is 2.28. The monoisotopic (exact) mass is 265 g/mol. The van der Waals surface area contributed by atoms with E-state index >= 15 is 0 Å². The molecular formula is C13H15NO5. The second kappa shape index (κ2) is 7.05. The molecule has 0 bridgehead atoms. The molecule has 0 saturated heterocycles. The minimum Gasteiger partial charge on any atom is -0.497 e. The van der Waals surface area contributed by atoms with Crippen molar-refractivity contribution >= 4 is 23.8 Å². The molecule has 0 radical (unpaired) electrons. The van der Waals surface area contributed by atoms with E-state index in [1.807, 2.05) is 0 Å². The van der Waals surface area contributed by atoms with Gasteiger partial charge in [-0.2, -0.15) is 0 Å². The second-order valence-electron chi connectivity index (χ2n) is 3.43. The summed E-state index contributed by atoms with van der Waals surface area (Å²) in [5.41, 5.74) is 1.09. The van der Waals surface area contributed by atoms with Gasteiger partial charge in [-0.1, -0.05) is 0 Å². The quantitative estimate of drug-likeness (QED) is 0.666. The Bertz CT molecular complexity index is 496. The van der Waals surface area contributed by atoms with Gasteiger partial charge in [0.1, 0.15) is 5.75 Å². The summed E-state index contributed by atoms with van der Waals surface area (Å²) in [7, 11) is 4.07. The fourth-order valence-corrected chi connectivity index (χ4v) is 1.31. The number of rotatable bonds is 4. The molecule has 0 aliphatic carbocycles. The first-order valence-corrected chi connectivity index (χ1v) is 5.39. The van der Waals surface area contributed by atoms with Crippen LogP contribution in [0.4, 0.5) is 10.5 Å². The van der Waals surface area contributed by atoms with Crippen molar-refractivity contribution in [3.8, 4) is 5.75 Å². The van der Waals surface area contributed by atoms with Crippen LogP contribution < -0.4 is 10.1 Å². The van der Waals surface area contributed by atoms with Crippen LogP contribution in [0.15, 0.2) is 24.3 Å². The number of carbonyl (C=O) groups is 2. The van der Waals surface area contributed by atoms with E-state index in [0.717, 1.165) is 0 Å². The fourth-order valence-electron chi connectivity index (χ4n) is 1.31. The third-order valence-corrected chi connectivity index (χ3v) is 2.28. The van der Waals surface area contributed by atoms with E-state index in [9.17, 15) is 9.59 Å². The van der Waals surface area contributed by atoms with Crippen molar-refractivity contribution < 1.29 is 23.8 Å². The zero-order valence-electron chi connectivity index (χ0n) is 10.9. The maximum atomic E-state index is 11.2. The van der Waals surface area contributed by atoms with Gasteiger partial charge >= 0.3 is 12.1 Å². The van der Waals surface area contributed by atoms with Crippen molar-refractivity contribution in [2.75, 3.05) is 26.6 Å². The average molecular weight is 265 g/mol. The van der Waals surface area contributed by atoms with Gasteiger partial charge in [-0.3, -0.25) is 5.32 Å². The molecule has 1 amide bonds. The van der Waals surface area contributed by atoms with Gasteiger partial charge < -0.3 is 14.2 Å². The van der Waals surface area contributed by atoms with E-state index in [1.54, 1.807) is 18.2 Å². The summed E-state index contributed by atoms with van der Waals surface area (Å²) in [5.74, 6) is 0.103. The Morgan fingerprint density at radius 1 is 1.16 bits per heavy atom. The van der Waals surface area contributed by atoms with Crippen LogP contribution in [-0.4, -0.2) is 33.4 Å². The molecule has 0 saturated carbocycles. The predicted molar refractivity (Wildman–Crippen MR) is 70.1 cm³/mol. The summed E-state index contributed by atoms with van der Waals surface area (Å²) in [6, 6.07) is 5.00. The Balaban J connectivity index is 3.05. The van der Waals surface area contributed by atoms with E-state index in [-0.39, 0.29) is 0 Å². The van der Waals surface area contributed by atoms with Crippen molar-refractivity contribution in [3.63, 3.8) is 0 Å². The van der Waals surface area contributed by atoms with Gasteiger partial charge in [0.15, 0.2) is 0 Å². The van der Waals surface area contributed by atoms with Crippen molar-refractivity contribution in [3.05, 3.63) is 29.8 Å². The first-order valence-electron chi connectivity index (χ1n) is 5.39. The maximum absolute atomic E-state index is 11.2. The minimum absolute atomic E-state index is 0.493. The van der Waals surface area contributed by atoms with E-state index in [1.165, 1.54) is 33.5 Å². The molecule has 19 heavy (non-hydrogen) atoms. The van der Waals surface area contributed by atoms with Crippen LogP contribution in [0.1, 0.15) is 5.56 Å². The number of anilines is 1. The van der Waals surface area contributed by atoms with E-state index in [0.29, 0.717) is 17.0 Å². The molecule has 1 rings (SSSR count). The van der Waals surface area contributed by atoms with Gasteiger partial charge in [0.05, 0.1) is 27.0 Å². The number of ether oxygens (including phenoxy) is 3. The molecule has 0 fully saturated rings. The number of benzene rings is 1. The van der Waals surface area contributed by atoms with Crippen LogP contribution in [-0.2, 0) is 14.3 Å². The smallest absolute Gasteiger partial charge is 0.411 e. The Morgan fingerprint density at radius 2 is 1.89 bits per heavy atom. The van der Waals surface area contributed by atoms with Crippen LogP contribution in [0, 0.1) is 0 Å². The van der Waals surface area contributed by atoms with Gasteiger partial charge in [-0.15, -0.1) is 0 Å². The Morgan fingerprint density at radius 3 is 2.47 bits per heavy atom. The number of carbonyl (C=O) groups excluding carboxylic acids is 2. The van der Waals surface area contributed by atoms with Crippen molar-refractivity contribution in [2.24, 2.45) is 0 Å². The number of amides is 1. The van der Waals surface area contributed by atoms with Crippen LogP contribution in [0.5, 0.6) is 5.75 Å². The number of hydrogen-bond acceptors (Lipinski definition) is 5. The normalized spacial score (nSPS) is 10.1. The molecule has 102 valence electrons. The SMILES string of the molecule is COC(=O)/C=C/c1cc(OC)ccc1NC(=O)OC. The van der Waals surface area contributed by atoms with Crippen molar-refractivity contribution in [2.45, 2.75) is 0 Å². The first-order chi connectivity index (χ1) is 9.10. The highest BCUT2D eigenvalue weighted by atomic mass is 16.5. The second-order valence-corrected chi connectivity index (χ2v) is 3.43. The number of methoxy groups -OCH3 is 3. The highest BCUT2D eigenvalue weighted by Gasteiger charge is 2.06. The summed E-state index contributed by atoms with van der Waals surface area (Å²) in [4.78, 5) is 22.3. The van der Waals surface area contributed by atoms with Crippen molar-refractivity contribution in [1.29, 1.82) is 0 Å². The summed E-state index contributed by atoms with van der Waals surface area (Å²) < 4.78 is 14.1. The van der Waals surface area contributed by atoms with E-state index < -0.39 is 12.1 Å². The standard InChI is InChI=1S/C13H15NO5/c1-17-10-5-6-11(14-13(16)19-3)9(8-10)4-7-12(15)18-2/h4-8H,1-3H3,(H,14,16)/b7-4+. The molecule has 1 N–H and O–H groups in total. The highest BCUT2D eigenvalue weighted by molar-refractivity contribution is 5.92. The van der Waals surface area contributed by atoms with Gasteiger partial charge in [-0.25, -0.2) is 9.59 Å². The Kier molecular flexibility index (Phi) is 5.40. The lowest BCUT2D eigenvalue weighted by Crippen LogP contribution is -2.11. The molecule has 0 aliphatic heterocycles. The van der Waals surface area contributed by atoms with E-state index in [4.69, 9.17) is 4.74 Å². The van der Waals surface area contributed by atoms with Gasteiger partial charge in [0.2, 0.25) is 0 Å². The molecule has 0 heterocycles. The summed E-state index contributed by atoms with van der Waals surface area (Å²) in [5, 5.41) is 2.53. The van der Waals surface area contributed by atoms with Crippen LogP contribution >= 0.6 is 0 Å². The highest BCUT2D eigenvalue weighted by Crippen LogP contribution is 2.23. The molecule has 0 unspecified atom stereocenters. The average Bonchev–Trinajstić information content (AvgIpc) is 2.45. The molecule has 6 heteroatoms. The summed E-state index contributed by atoms with van der Waals surface area (Å²) >= 11 is 0. The molecule has 0 spiro atoms. The lowest BCUT2D eigenvalue weighted by molar-refractivity contribution is -0.134. The van der Waals surface area contributed by atoms with Gasteiger partial charge in [0, 0.05) is 11.6 Å². The molecular weight excluding hydrogens is 250 g/mol. The first kappa shape index (κ1) is 14.6. The number of hydrogen-bond donors (Lipinski definition) is 1. The molecule has 0 aromatic heterocycles. The minimum atomic E-state index is -0.599. The number of esters is 1. The van der Waals surface area contributed by atoms with E-state index in [2.05, 4.69) is 14.8 Å². The maximum Gasteiger partial charge on any atom is 0.411 e. The number of nitrogens with one attached hydrogen (secondary N) is 1. The van der Waals surface area contributed by atoms with Gasteiger partial charge in [0.25, 0.3) is 0 Å². The van der Waals surface area contributed by atoms with Crippen LogP contribution in [0.2, 0.25) is 0 Å². The molecule has 6 nitrogen and oxygen atoms in total. The Hall–Kier alpha value is -2.50. The topological polar surface area (TPSA) is 73.9 Å². The summed E-state index contributed by atoms with van der Waals surface area (Å²) in [6.45, 7) is 0. The molecule has 0 atom stereocenters. The molecule has 1 aromatic carbocycles. The van der Waals surface area contributed by atoms with Crippen LogP contribution in [0.25, 0.3) is 6.08 Å². The van der Waals surface area contributed by atoms with Crippen molar-refractivity contribution in [1.82, 2.24) is 0 Å². The zero-order valence-corrected chi connectivity index (χ0v) is 10.9. The lowest BCUT2D eigenvalue weighted by atomic mass is 10.1. The zero-order chi connectivity index (χ0) is 14.3.